The van der Waals surface area contributed by atoms with Gasteiger partial charge in [-0.05, 0) is 55.9 Å². The van der Waals surface area contributed by atoms with Gasteiger partial charge in [0.15, 0.2) is 12.1 Å². The normalized spacial score (nSPS) is 20.3. The van der Waals surface area contributed by atoms with Crippen LogP contribution in [-0.2, 0) is 22.6 Å². The van der Waals surface area contributed by atoms with Crippen molar-refractivity contribution in [2.24, 2.45) is 11.3 Å². The van der Waals surface area contributed by atoms with Gasteiger partial charge in [0.2, 0.25) is 0 Å². The summed E-state index contributed by atoms with van der Waals surface area (Å²) in [5.41, 5.74) is 3.94. The molecular formula is C23H28N4O2. The molecule has 152 valence electrons. The molecule has 1 aliphatic heterocycles. The highest BCUT2D eigenvalue weighted by atomic mass is 16.7. The monoisotopic (exact) mass is 392 g/mol. The van der Waals surface area contributed by atoms with Crippen molar-refractivity contribution in [1.29, 1.82) is 0 Å². The lowest BCUT2D eigenvalue weighted by molar-refractivity contribution is -0.213. The van der Waals surface area contributed by atoms with Crippen LogP contribution in [0.25, 0.3) is 0 Å². The zero-order valence-corrected chi connectivity index (χ0v) is 17.2. The van der Waals surface area contributed by atoms with Crippen LogP contribution in [-0.4, -0.2) is 41.5 Å². The van der Waals surface area contributed by atoms with E-state index in [1.165, 1.54) is 36.8 Å². The molecule has 2 aliphatic carbocycles. The first-order chi connectivity index (χ1) is 14.1. The van der Waals surface area contributed by atoms with Crippen LogP contribution in [0.5, 0.6) is 0 Å². The summed E-state index contributed by atoms with van der Waals surface area (Å²) in [5, 5.41) is 8.60. The topological polar surface area (TPSA) is 52.4 Å². The van der Waals surface area contributed by atoms with Crippen LogP contribution in [0.1, 0.15) is 42.4 Å². The van der Waals surface area contributed by atoms with E-state index in [4.69, 9.17) is 9.47 Å². The molecule has 1 spiro atoms. The number of hydrogen-bond acceptors (Lipinski definition) is 5. The minimum Gasteiger partial charge on any atom is -0.353 e. The van der Waals surface area contributed by atoms with Crippen LogP contribution in [0, 0.1) is 30.1 Å². The highest BCUT2D eigenvalue weighted by molar-refractivity contribution is 5.44. The molecule has 2 aromatic rings. The van der Waals surface area contributed by atoms with E-state index in [2.05, 4.69) is 52.2 Å². The first kappa shape index (κ1) is 18.7. The Balaban J connectivity index is 1.20. The van der Waals surface area contributed by atoms with Crippen LogP contribution >= 0.6 is 0 Å². The van der Waals surface area contributed by atoms with Gasteiger partial charge in [-0.1, -0.05) is 23.1 Å². The van der Waals surface area contributed by atoms with E-state index in [1.54, 1.807) is 0 Å². The predicted octanol–water partition coefficient (Wildman–Crippen LogP) is 3.14. The van der Waals surface area contributed by atoms with Crippen molar-refractivity contribution in [3.63, 3.8) is 0 Å². The van der Waals surface area contributed by atoms with Crippen molar-refractivity contribution in [1.82, 2.24) is 15.0 Å². The fraction of sp³-hybridized carbons (Fsp3) is 0.565. The van der Waals surface area contributed by atoms with E-state index in [1.807, 2.05) is 17.9 Å². The fourth-order valence-electron chi connectivity index (χ4n) is 3.57. The largest absolute Gasteiger partial charge is 0.353 e. The number of anilines is 1. The quantitative estimate of drug-likeness (QED) is 0.732. The minimum absolute atomic E-state index is 0.231. The summed E-state index contributed by atoms with van der Waals surface area (Å²) in [6, 6.07) is 6.46. The molecule has 0 radical (unpaired) electrons. The summed E-state index contributed by atoms with van der Waals surface area (Å²) >= 11 is 0. The van der Waals surface area contributed by atoms with Gasteiger partial charge in [-0.25, -0.2) is 4.68 Å². The van der Waals surface area contributed by atoms with E-state index in [0.29, 0.717) is 17.9 Å². The molecule has 2 saturated carbocycles. The van der Waals surface area contributed by atoms with Crippen molar-refractivity contribution in [2.45, 2.75) is 52.0 Å². The fourth-order valence-corrected chi connectivity index (χ4v) is 3.57. The van der Waals surface area contributed by atoms with E-state index >= 15 is 0 Å². The molecular weight excluding hydrogens is 364 g/mol. The van der Waals surface area contributed by atoms with Crippen LogP contribution < -0.4 is 4.90 Å². The van der Waals surface area contributed by atoms with Gasteiger partial charge in [-0.3, -0.25) is 0 Å². The van der Waals surface area contributed by atoms with Gasteiger partial charge < -0.3 is 14.4 Å². The number of rotatable bonds is 5. The van der Waals surface area contributed by atoms with Crippen molar-refractivity contribution in [2.75, 3.05) is 25.2 Å². The van der Waals surface area contributed by atoms with E-state index in [-0.39, 0.29) is 6.29 Å². The lowest BCUT2D eigenvalue weighted by Crippen LogP contribution is -2.36. The average molecular weight is 393 g/mol. The van der Waals surface area contributed by atoms with Crippen LogP contribution in [0.3, 0.4) is 0 Å². The second kappa shape index (κ2) is 7.47. The highest BCUT2D eigenvalue weighted by Gasteiger charge is 2.46. The molecule has 1 saturated heterocycles. The number of aryl methyl sites for hydroxylation is 1. The minimum atomic E-state index is -0.231. The molecule has 29 heavy (non-hydrogen) atoms. The summed E-state index contributed by atoms with van der Waals surface area (Å²) in [6.07, 6.45) is 6.68. The van der Waals surface area contributed by atoms with Gasteiger partial charge in [-0.15, -0.1) is 5.10 Å². The smallest absolute Gasteiger partial charge is 0.177 e. The maximum absolute atomic E-state index is 5.86. The Morgan fingerprint density at radius 1 is 1.24 bits per heavy atom. The molecule has 0 unspecified atom stereocenters. The molecule has 3 fully saturated rings. The maximum atomic E-state index is 5.86. The number of ether oxygens (including phenoxy) is 2. The van der Waals surface area contributed by atoms with Gasteiger partial charge >= 0.3 is 0 Å². The molecule has 0 N–H and O–H groups in total. The van der Waals surface area contributed by atoms with Crippen molar-refractivity contribution in [3.05, 3.63) is 41.1 Å². The van der Waals surface area contributed by atoms with Crippen LogP contribution in [0.2, 0.25) is 0 Å². The summed E-state index contributed by atoms with van der Waals surface area (Å²) in [6.45, 7) is 5.09. The lowest BCUT2D eigenvalue weighted by atomic mass is 10.0. The Hall–Kier alpha value is -2.36. The zero-order valence-electron chi connectivity index (χ0n) is 17.2. The molecule has 0 bridgehead atoms. The Kier molecular flexibility index (Phi) is 4.81. The van der Waals surface area contributed by atoms with Gasteiger partial charge in [0, 0.05) is 30.5 Å². The van der Waals surface area contributed by atoms with Crippen molar-refractivity contribution >= 4 is 5.82 Å². The Labute approximate surface area is 172 Å². The standard InChI is InChI=1S/C23H28N4O2/c1-17-3-4-19(8-7-18-5-6-18)11-20(17)12-26(2)21-13-27(25-24-21)14-22-28-15-23(9-10-23)16-29-22/h3-4,11,13,18,22H,5-6,9-10,12,14-16H2,1-2H3. The zero-order chi connectivity index (χ0) is 19.8. The molecule has 6 heteroatoms. The molecule has 6 nitrogen and oxygen atoms in total. The summed E-state index contributed by atoms with van der Waals surface area (Å²) < 4.78 is 13.5. The molecule has 3 aliphatic rings. The second-order valence-corrected chi connectivity index (χ2v) is 8.89. The SMILES string of the molecule is Cc1ccc(C#CC2CC2)cc1CN(C)c1cn(CC2OCC3(CC3)CO2)nn1. The van der Waals surface area contributed by atoms with E-state index in [0.717, 1.165) is 31.1 Å². The molecule has 1 aromatic carbocycles. The third-order valence-corrected chi connectivity index (χ3v) is 6.12. The molecule has 1 aromatic heterocycles. The summed E-state index contributed by atoms with van der Waals surface area (Å²) in [4.78, 5) is 2.12. The van der Waals surface area contributed by atoms with Crippen LogP contribution in [0.4, 0.5) is 5.82 Å². The maximum Gasteiger partial charge on any atom is 0.177 e. The number of nitrogens with zero attached hydrogens (tertiary/aromatic N) is 4. The van der Waals surface area contributed by atoms with Gasteiger partial charge in [0.25, 0.3) is 0 Å². The summed E-state index contributed by atoms with van der Waals surface area (Å²) in [5.74, 6) is 8.12. The van der Waals surface area contributed by atoms with E-state index < -0.39 is 0 Å². The summed E-state index contributed by atoms with van der Waals surface area (Å²) in [7, 11) is 2.04. The number of benzene rings is 1. The highest BCUT2D eigenvalue weighted by Crippen LogP contribution is 2.48. The molecule has 5 rings (SSSR count). The first-order valence-electron chi connectivity index (χ1n) is 10.5. The predicted molar refractivity (Wildman–Crippen MR) is 110 cm³/mol. The number of aromatic nitrogens is 3. The Bertz CT molecular complexity index is 939. The third kappa shape index (κ3) is 4.47. The van der Waals surface area contributed by atoms with Crippen molar-refractivity contribution < 1.29 is 9.47 Å². The third-order valence-electron chi connectivity index (χ3n) is 6.12. The first-order valence-corrected chi connectivity index (χ1v) is 10.5. The lowest BCUT2D eigenvalue weighted by Gasteiger charge is -2.29. The molecule has 0 amide bonds. The van der Waals surface area contributed by atoms with Gasteiger partial charge in [0.1, 0.15) is 0 Å². The Morgan fingerprint density at radius 2 is 2.03 bits per heavy atom. The van der Waals surface area contributed by atoms with Crippen LogP contribution in [0.15, 0.2) is 24.4 Å². The Morgan fingerprint density at radius 3 is 2.76 bits per heavy atom. The molecule has 2 heterocycles. The second-order valence-electron chi connectivity index (χ2n) is 8.89. The van der Waals surface area contributed by atoms with E-state index in [9.17, 15) is 0 Å². The average Bonchev–Trinajstić information content (AvgIpc) is 3.65. The number of hydrogen-bond donors (Lipinski definition) is 0. The van der Waals surface area contributed by atoms with Gasteiger partial charge in [0.05, 0.1) is 26.0 Å². The van der Waals surface area contributed by atoms with Gasteiger partial charge in [-0.2, -0.15) is 0 Å². The van der Waals surface area contributed by atoms with Crippen molar-refractivity contribution in [3.8, 4) is 11.8 Å². The molecule has 0 atom stereocenters.